The second-order valence-corrected chi connectivity index (χ2v) is 6.31. The zero-order chi connectivity index (χ0) is 18.0. The number of aliphatic imine (C=N–C) groups is 1. The third-order valence-electron chi connectivity index (χ3n) is 4.58. The van der Waals surface area contributed by atoms with Crippen molar-refractivity contribution < 1.29 is 9.28 Å². The first kappa shape index (κ1) is 16.2. The Hall–Kier alpha value is -3.31. The summed E-state index contributed by atoms with van der Waals surface area (Å²) < 4.78 is 1.52. The van der Waals surface area contributed by atoms with E-state index in [1.165, 1.54) is 10.9 Å². The third kappa shape index (κ3) is 2.68. The highest BCUT2D eigenvalue weighted by molar-refractivity contribution is 5.89. The van der Waals surface area contributed by atoms with E-state index in [4.69, 9.17) is 0 Å². The van der Waals surface area contributed by atoms with Crippen LogP contribution in [0.15, 0.2) is 90.1 Å². The van der Waals surface area contributed by atoms with Gasteiger partial charge in [0.1, 0.15) is 18.6 Å². The first-order chi connectivity index (χ1) is 12.7. The SMILES string of the molecule is CC1=C(c2ccccc2)[N+](Cc2ccccc2)(C(=O)n2ccnc2)C=N1. The number of imidazole rings is 1. The van der Waals surface area contributed by atoms with Gasteiger partial charge in [0.25, 0.3) is 0 Å². The average Bonchev–Trinajstić information content (AvgIpc) is 3.32. The Morgan fingerprint density at radius 3 is 2.38 bits per heavy atom. The lowest BCUT2D eigenvalue weighted by atomic mass is 10.1. The Labute approximate surface area is 152 Å². The van der Waals surface area contributed by atoms with Crippen molar-refractivity contribution >= 4 is 18.1 Å². The Kier molecular flexibility index (Phi) is 4.07. The molecule has 2 aromatic carbocycles. The summed E-state index contributed by atoms with van der Waals surface area (Å²) in [6.07, 6.45) is 6.57. The summed E-state index contributed by atoms with van der Waals surface area (Å²) in [6, 6.07) is 19.9. The highest BCUT2D eigenvalue weighted by atomic mass is 16.2. The van der Waals surface area contributed by atoms with Gasteiger partial charge >= 0.3 is 6.03 Å². The van der Waals surface area contributed by atoms with Crippen molar-refractivity contribution in [3.8, 4) is 0 Å². The van der Waals surface area contributed by atoms with Gasteiger partial charge < -0.3 is 0 Å². The second kappa shape index (κ2) is 6.54. The number of benzene rings is 2. The molecule has 0 saturated carbocycles. The van der Waals surface area contributed by atoms with Crippen LogP contribution in [0.25, 0.3) is 5.70 Å². The van der Waals surface area contributed by atoms with E-state index in [1.807, 2.05) is 67.6 Å². The minimum atomic E-state index is -0.106. The zero-order valence-electron chi connectivity index (χ0n) is 14.5. The van der Waals surface area contributed by atoms with Gasteiger partial charge in [-0.05, 0) is 19.1 Å². The number of hydrogen-bond acceptors (Lipinski definition) is 3. The van der Waals surface area contributed by atoms with Gasteiger partial charge in [-0.2, -0.15) is 4.48 Å². The fourth-order valence-electron chi connectivity index (χ4n) is 3.41. The molecule has 2 heterocycles. The first-order valence-corrected chi connectivity index (χ1v) is 8.47. The van der Waals surface area contributed by atoms with Crippen molar-refractivity contribution in [3.63, 3.8) is 0 Å². The van der Waals surface area contributed by atoms with Crippen LogP contribution in [0.3, 0.4) is 0 Å². The van der Waals surface area contributed by atoms with Gasteiger partial charge in [0.15, 0.2) is 5.70 Å². The molecule has 1 aliphatic rings. The molecule has 0 bridgehead atoms. The Morgan fingerprint density at radius 1 is 1.04 bits per heavy atom. The van der Waals surface area contributed by atoms with E-state index >= 15 is 0 Å². The van der Waals surface area contributed by atoms with Crippen molar-refractivity contribution in [1.82, 2.24) is 9.55 Å². The Balaban J connectivity index is 1.88. The molecule has 0 spiro atoms. The van der Waals surface area contributed by atoms with Gasteiger partial charge in [-0.1, -0.05) is 48.5 Å². The molecule has 128 valence electrons. The summed E-state index contributed by atoms with van der Waals surface area (Å²) in [5.74, 6) is 0. The molecule has 0 radical (unpaired) electrons. The molecule has 1 amide bonds. The van der Waals surface area contributed by atoms with Crippen LogP contribution in [0.2, 0.25) is 0 Å². The van der Waals surface area contributed by atoms with Crippen molar-refractivity contribution in [2.45, 2.75) is 13.5 Å². The van der Waals surface area contributed by atoms with E-state index in [9.17, 15) is 4.79 Å². The summed E-state index contributed by atoms with van der Waals surface area (Å²) in [4.78, 5) is 22.1. The molecule has 0 saturated heterocycles. The lowest BCUT2D eigenvalue weighted by Gasteiger charge is -2.30. The highest BCUT2D eigenvalue weighted by Crippen LogP contribution is 2.37. The van der Waals surface area contributed by atoms with E-state index < -0.39 is 0 Å². The smallest absolute Gasteiger partial charge is 0.245 e. The Bertz CT molecular complexity index is 975. The molecular weight excluding hydrogens is 324 g/mol. The molecule has 3 aromatic rings. The maximum atomic E-state index is 13.5. The predicted molar refractivity (Wildman–Crippen MR) is 101 cm³/mol. The van der Waals surface area contributed by atoms with Crippen molar-refractivity contribution in [2.24, 2.45) is 4.99 Å². The minimum Gasteiger partial charge on any atom is -0.245 e. The van der Waals surface area contributed by atoms with Gasteiger partial charge in [0.2, 0.25) is 6.34 Å². The number of quaternary nitrogens is 1. The molecular formula is C21H19N4O+. The van der Waals surface area contributed by atoms with E-state index in [2.05, 4.69) is 9.98 Å². The molecule has 4 rings (SSSR count). The normalized spacial score (nSPS) is 19.1. The quantitative estimate of drug-likeness (QED) is 0.666. The van der Waals surface area contributed by atoms with Crippen molar-refractivity contribution in [1.29, 1.82) is 0 Å². The van der Waals surface area contributed by atoms with Crippen LogP contribution in [0.4, 0.5) is 4.79 Å². The van der Waals surface area contributed by atoms with Crippen LogP contribution in [0.5, 0.6) is 0 Å². The second-order valence-electron chi connectivity index (χ2n) is 6.31. The summed E-state index contributed by atoms with van der Waals surface area (Å²) in [5, 5.41) is 0. The number of rotatable bonds is 3. The number of carbonyl (C=O) groups excluding carboxylic acids is 1. The van der Waals surface area contributed by atoms with Crippen molar-refractivity contribution in [2.75, 3.05) is 0 Å². The van der Waals surface area contributed by atoms with Gasteiger partial charge in [0, 0.05) is 23.5 Å². The van der Waals surface area contributed by atoms with Crippen molar-refractivity contribution in [3.05, 3.63) is 96.2 Å². The van der Waals surface area contributed by atoms with Crippen LogP contribution in [0, 0.1) is 0 Å². The molecule has 26 heavy (non-hydrogen) atoms. The van der Waals surface area contributed by atoms with Crippen LogP contribution >= 0.6 is 0 Å². The van der Waals surface area contributed by atoms with Gasteiger partial charge in [0.05, 0.1) is 0 Å². The lowest BCUT2D eigenvalue weighted by molar-refractivity contribution is -0.685. The minimum absolute atomic E-state index is 0.00375. The average molecular weight is 343 g/mol. The molecule has 0 N–H and O–H groups in total. The van der Waals surface area contributed by atoms with Crippen LogP contribution < -0.4 is 0 Å². The molecule has 5 nitrogen and oxygen atoms in total. The first-order valence-electron chi connectivity index (χ1n) is 8.47. The monoisotopic (exact) mass is 343 g/mol. The topological polar surface area (TPSA) is 47.2 Å². The van der Waals surface area contributed by atoms with E-state index in [1.54, 1.807) is 18.7 Å². The van der Waals surface area contributed by atoms with Gasteiger partial charge in [-0.25, -0.2) is 19.3 Å². The number of hydrogen-bond donors (Lipinski definition) is 0. The highest BCUT2D eigenvalue weighted by Gasteiger charge is 2.46. The largest absolute Gasteiger partial charge is 0.439 e. The standard InChI is InChI=1S/C21H19N4O/c1-17-20(19-10-6-3-7-11-19)25(16-23-17,14-18-8-4-2-5-9-18)21(26)24-13-12-22-15-24/h2-13,15-16H,14H2,1H3/q+1. The van der Waals surface area contributed by atoms with E-state index in [0.717, 1.165) is 22.5 Å². The lowest BCUT2D eigenvalue weighted by Crippen LogP contribution is -2.50. The van der Waals surface area contributed by atoms with Gasteiger partial charge in [-0.3, -0.25) is 0 Å². The third-order valence-corrected chi connectivity index (χ3v) is 4.58. The molecule has 0 aliphatic carbocycles. The summed E-state index contributed by atoms with van der Waals surface area (Å²) >= 11 is 0. The number of nitrogens with zero attached hydrogens (tertiary/aromatic N) is 4. The van der Waals surface area contributed by atoms with Crippen LogP contribution in [0.1, 0.15) is 18.1 Å². The number of allylic oxidation sites excluding steroid dienone is 1. The zero-order valence-corrected chi connectivity index (χ0v) is 14.5. The van der Waals surface area contributed by atoms with E-state index in [-0.39, 0.29) is 10.5 Å². The van der Waals surface area contributed by atoms with E-state index in [0.29, 0.717) is 6.54 Å². The summed E-state index contributed by atoms with van der Waals surface area (Å²) in [6.45, 7) is 2.44. The summed E-state index contributed by atoms with van der Waals surface area (Å²) in [7, 11) is 0. The maximum absolute atomic E-state index is 13.5. The van der Waals surface area contributed by atoms with Crippen LogP contribution in [-0.2, 0) is 6.54 Å². The molecule has 0 fully saturated rings. The predicted octanol–water partition coefficient (Wildman–Crippen LogP) is 4.30. The number of carbonyl (C=O) groups is 1. The molecule has 5 heteroatoms. The molecule has 1 atom stereocenters. The van der Waals surface area contributed by atoms with Crippen LogP contribution in [-0.4, -0.2) is 26.4 Å². The van der Waals surface area contributed by atoms with Gasteiger partial charge in [-0.15, -0.1) is 0 Å². The number of aromatic nitrogens is 2. The fraction of sp³-hybridized carbons (Fsp3) is 0.0952. The fourth-order valence-corrected chi connectivity index (χ4v) is 3.41. The Morgan fingerprint density at radius 2 is 1.73 bits per heavy atom. The molecule has 1 unspecified atom stereocenters. The molecule has 1 aliphatic heterocycles. The maximum Gasteiger partial charge on any atom is 0.439 e. The number of amides is 1. The summed E-state index contributed by atoms with van der Waals surface area (Å²) in [5.41, 5.74) is 3.80. The molecule has 1 aromatic heterocycles.